The second kappa shape index (κ2) is 6.30. The highest BCUT2D eigenvalue weighted by Crippen LogP contribution is 2.19. The predicted molar refractivity (Wildman–Crippen MR) is 72.9 cm³/mol. The summed E-state index contributed by atoms with van der Waals surface area (Å²) >= 11 is 0. The fourth-order valence-corrected chi connectivity index (χ4v) is 2.83. The molecule has 1 aliphatic heterocycles. The smallest absolute Gasteiger partial charge is 0.123 e. The molecule has 0 bridgehead atoms. The number of nitrogens with one attached hydrogen (secondary N) is 1. The maximum atomic E-state index is 13.1. The van der Waals surface area contributed by atoms with Crippen molar-refractivity contribution in [3.63, 3.8) is 0 Å². The van der Waals surface area contributed by atoms with E-state index in [9.17, 15) is 4.39 Å². The number of hydrogen-bond donors (Lipinski definition) is 1. The van der Waals surface area contributed by atoms with Crippen LogP contribution in [-0.2, 0) is 6.54 Å². The van der Waals surface area contributed by atoms with Crippen molar-refractivity contribution in [1.82, 2.24) is 10.2 Å². The van der Waals surface area contributed by atoms with E-state index in [0.717, 1.165) is 31.7 Å². The van der Waals surface area contributed by atoms with Crippen molar-refractivity contribution < 1.29 is 4.39 Å². The first-order valence-corrected chi connectivity index (χ1v) is 6.89. The Balaban J connectivity index is 1.89. The van der Waals surface area contributed by atoms with E-state index in [1.165, 1.54) is 12.5 Å². The van der Waals surface area contributed by atoms with Crippen LogP contribution in [0.5, 0.6) is 0 Å². The van der Waals surface area contributed by atoms with Crippen molar-refractivity contribution in [2.45, 2.75) is 32.9 Å². The zero-order valence-electron chi connectivity index (χ0n) is 11.3. The molecule has 2 unspecified atom stereocenters. The molecule has 1 aromatic rings. The van der Waals surface area contributed by atoms with E-state index in [2.05, 4.69) is 24.1 Å². The summed E-state index contributed by atoms with van der Waals surface area (Å²) in [4.78, 5) is 2.42. The van der Waals surface area contributed by atoms with Gasteiger partial charge in [-0.15, -0.1) is 0 Å². The van der Waals surface area contributed by atoms with E-state index in [1.54, 1.807) is 12.1 Å². The monoisotopic (exact) mass is 250 g/mol. The summed E-state index contributed by atoms with van der Waals surface area (Å²) in [7, 11) is 0. The summed E-state index contributed by atoms with van der Waals surface area (Å²) < 4.78 is 13.1. The van der Waals surface area contributed by atoms with Gasteiger partial charge in [-0.3, -0.25) is 4.90 Å². The lowest BCUT2D eigenvalue weighted by atomic mass is 9.93. The first kappa shape index (κ1) is 13.5. The molecule has 2 nitrogen and oxygen atoms in total. The van der Waals surface area contributed by atoms with Gasteiger partial charge in [-0.1, -0.05) is 26.0 Å². The molecule has 0 saturated carbocycles. The molecule has 3 heteroatoms. The molecule has 18 heavy (non-hydrogen) atoms. The molecular formula is C15H23FN2. The highest BCUT2D eigenvalue weighted by molar-refractivity contribution is 5.16. The number of benzene rings is 1. The van der Waals surface area contributed by atoms with E-state index >= 15 is 0 Å². The van der Waals surface area contributed by atoms with Crippen LogP contribution in [0.1, 0.15) is 25.8 Å². The molecule has 0 aliphatic carbocycles. The van der Waals surface area contributed by atoms with Gasteiger partial charge in [0.2, 0.25) is 0 Å². The first-order valence-electron chi connectivity index (χ1n) is 6.89. The normalized spacial score (nSPS) is 25.3. The van der Waals surface area contributed by atoms with E-state index in [1.807, 2.05) is 6.07 Å². The van der Waals surface area contributed by atoms with Crippen molar-refractivity contribution in [1.29, 1.82) is 0 Å². The minimum atomic E-state index is -0.136. The Morgan fingerprint density at radius 1 is 1.44 bits per heavy atom. The third-order valence-corrected chi connectivity index (χ3v) is 3.75. The van der Waals surface area contributed by atoms with Crippen LogP contribution < -0.4 is 5.32 Å². The molecule has 0 spiro atoms. The van der Waals surface area contributed by atoms with Gasteiger partial charge >= 0.3 is 0 Å². The molecule has 1 N–H and O–H groups in total. The number of hydrogen-bond acceptors (Lipinski definition) is 2. The summed E-state index contributed by atoms with van der Waals surface area (Å²) in [6, 6.07) is 7.58. The van der Waals surface area contributed by atoms with E-state index in [-0.39, 0.29) is 5.82 Å². The summed E-state index contributed by atoms with van der Waals surface area (Å²) in [6.07, 6.45) is 1.18. The fourth-order valence-electron chi connectivity index (χ4n) is 2.83. The van der Waals surface area contributed by atoms with Crippen LogP contribution in [0.25, 0.3) is 0 Å². The van der Waals surface area contributed by atoms with Crippen molar-refractivity contribution in [2.75, 3.05) is 19.6 Å². The average molecular weight is 250 g/mol. The Morgan fingerprint density at radius 2 is 2.28 bits per heavy atom. The molecular weight excluding hydrogens is 227 g/mol. The Hall–Kier alpha value is -0.930. The van der Waals surface area contributed by atoms with Gasteiger partial charge in [-0.05, 0) is 43.1 Å². The highest BCUT2D eigenvalue weighted by atomic mass is 19.1. The van der Waals surface area contributed by atoms with Crippen molar-refractivity contribution >= 4 is 0 Å². The molecule has 1 fully saturated rings. The van der Waals surface area contributed by atoms with Gasteiger partial charge in [-0.2, -0.15) is 0 Å². The van der Waals surface area contributed by atoms with Gasteiger partial charge < -0.3 is 5.32 Å². The Kier molecular flexibility index (Phi) is 4.72. The predicted octanol–water partition coefficient (Wildman–Crippen LogP) is 2.65. The number of nitrogens with zero attached hydrogens (tertiary/aromatic N) is 1. The minimum Gasteiger partial charge on any atom is -0.314 e. The zero-order chi connectivity index (χ0) is 13.0. The molecule has 0 amide bonds. The van der Waals surface area contributed by atoms with Gasteiger partial charge in [0.25, 0.3) is 0 Å². The van der Waals surface area contributed by atoms with Crippen LogP contribution in [0.3, 0.4) is 0 Å². The quantitative estimate of drug-likeness (QED) is 0.883. The largest absolute Gasteiger partial charge is 0.314 e. The Morgan fingerprint density at radius 3 is 2.94 bits per heavy atom. The number of likely N-dealkylation sites (tertiary alicyclic amines) is 1. The second-order valence-electron chi connectivity index (χ2n) is 5.30. The molecule has 1 aliphatic rings. The molecule has 1 aromatic carbocycles. The topological polar surface area (TPSA) is 15.3 Å². The second-order valence-corrected chi connectivity index (χ2v) is 5.30. The standard InChI is InChI=1S/C15H23FN2/c1-3-17-15-7-8-18(10-12(15)2)11-13-5-4-6-14(16)9-13/h4-6,9,12,15,17H,3,7-8,10-11H2,1-2H3. The van der Waals surface area contributed by atoms with Gasteiger partial charge in [0, 0.05) is 19.1 Å². The minimum absolute atomic E-state index is 0.136. The first-order chi connectivity index (χ1) is 8.69. The maximum Gasteiger partial charge on any atom is 0.123 e. The molecule has 0 radical (unpaired) electrons. The van der Waals surface area contributed by atoms with Crippen molar-refractivity contribution in [2.24, 2.45) is 5.92 Å². The summed E-state index contributed by atoms with van der Waals surface area (Å²) in [5.41, 5.74) is 1.07. The zero-order valence-corrected chi connectivity index (χ0v) is 11.3. The average Bonchev–Trinajstić information content (AvgIpc) is 2.33. The van der Waals surface area contributed by atoms with Gasteiger partial charge in [0.05, 0.1) is 0 Å². The van der Waals surface area contributed by atoms with Crippen LogP contribution in [0.15, 0.2) is 24.3 Å². The van der Waals surface area contributed by atoms with Gasteiger partial charge in [0.15, 0.2) is 0 Å². The lowest BCUT2D eigenvalue weighted by Gasteiger charge is -2.37. The van der Waals surface area contributed by atoms with Crippen LogP contribution in [-0.4, -0.2) is 30.6 Å². The summed E-state index contributed by atoms with van der Waals surface area (Å²) in [6.45, 7) is 8.55. The Labute approximate surface area is 109 Å². The molecule has 1 saturated heterocycles. The van der Waals surface area contributed by atoms with Crippen LogP contribution in [0.2, 0.25) is 0 Å². The van der Waals surface area contributed by atoms with Crippen molar-refractivity contribution in [3.8, 4) is 0 Å². The molecule has 2 atom stereocenters. The SMILES string of the molecule is CCNC1CCN(Cc2cccc(F)c2)CC1C. The third-order valence-electron chi connectivity index (χ3n) is 3.75. The fraction of sp³-hybridized carbons (Fsp3) is 0.600. The summed E-state index contributed by atoms with van der Waals surface area (Å²) in [5.74, 6) is 0.523. The lowest BCUT2D eigenvalue weighted by Crippen LogP contribution is -2.47. The third kappa shape index (κ3) is 3.53. The van der Waals surface area contributed by atoms with Crippen LogP contribution in [0, 0.1) is 11.7 Å². The number of piperidine rings is 1. The van der Waals surface area contributed by atoms with Crippen LogP contribution >= 0.6 is 0 Å². The Bertz CT molecular complexity index is 381. The molecule has 1 heterocycles. The highest BCUT2D eigenvalue weighted by Gasteiger charge is 2.25. The van der Waals surface area contributed by atoms with Gasteiger partial charge in [-0.25, -0.2) is 4.39 Å². The van der Waals surface area contributed by atoms with E-state index in [0.29, 0.717) is 12.0 Å². The van der Waals surface area contributed by atoms with Crippen LogP contribution in [0.4, 0.5) is 4.39 Å². The van der Waals surface area contributed by atoms with Gasteiger partial charge in [0.1, 0.15) is 5.82 Å². The number of rotatable bonds is 4. The number of halogens is 1. The molecule has 2 rings (SSSR count). The van der Waals surface area contributed by atoms with Crippen molar-refractivity contribution in [3.05, 3.63) is 35.6 Å². The van der Waals surface area contributed by atoms with E-state index < -0.39 is 0 Å². The molecule has 0 aromatic heterocycles. The lowest BCUT2D eigenvalue weighted by molar-refractivity contribution is 0.142. The van der Waals surface area contributed by atoms with E-state index in [4.69, 9.17) is 0 Å². The maximum absolute atomic E-state index is 13.1. The summed E-state index contributed by atoms with van der Waals surface area (Å²) in [5, 5.41) is 3.54. The molecule has 100 valence electrons.